The van der Waals surface area contributed by atoms with Crippen molar-refractivity contribution in [2.75, 3.05) is 0 Å². The van der Waals surface area contributed by atoms with Gasteiger partial charge in [0.15, 0.2) is 0 Å². The fourth-order valence-electron chi connectivity index (χ4n) is 9.81. The summed E-state index contributed by atoms with van der Waals surface area (Å²) in [7, 11) is 0. The second kappa shape index (κ2) is 8.87. The fourth-order valence-corrected chi connectivity index (χ4v) is 9.81. The van der Waals surface area contributed by atoms with Crippen LogP contribution in [0.25, 0.3) is 0 Å². The standard InChI is InChI=1S/C28H50O4/c1-9-11-19(18(3)24(29)30)20-12-13-22-26(6)16-15-23(32-31)25(4,5)21(26)14-17-28(22,8)27(20,7)10-2/h18-23,31H,9-17H2,1-8H3,(H,29,30)/t18-,19?,20+,21?,22?,23?,26-,27+,28+/m0/s1. The average molecular weight is 451 g/mol. The average Bonchev–Trinajstić information content (AvgIpc) is 2.72. The summed E-state index contributed by atoms with van der Waals surface area (Å²) in [4.78, 5) is 17.0. The third-order valence-corrected chi connectivity index (χ3v) is 11.9. The predicted octanol–water partition coefficient (Wildman–Crippen LogP) is 7.67. The lowest BCUT2D eigenvalue weighted by Gasteiger charge is -2.71. The zero-order valence-corrected chi connectivity index (χ0v) is 22.0. The molecule has 32 heavy (non-hydrogen) atoms. The molecule has 186 valence electrons. The zero-order valence-electron chi connectivity index (χ0n) is 22.0. The topological polar surface area (TPSA) is 66.8 Å². The first-order chi connectivity index (χ1) is 14.8. The van der Waals surface area contributed by atoms with Gasteiger partial charge in [-0.1, -0.05) is 61.8 Å². The zero-order chi connectivity index (χ0) is 24.1. The van der Waals surface area contributed by atoms with Gasteiger partial charge in [-0.2, -0.15) is 0 Å². The molecule has 0 spiro atoms. The van der Waals surface area contributed by atoms with Crippen LogP contribution in [0.4, 0.5) is 0 Å². The Labute approximate surface area is 196 Å². The van der Waals surface area contributed by atoms with E-state index in [1.807, 2.05) is 6.92 Å². The smallest absolute Gasteiger partial charge is 0.306 e. The Bertz CT molecular complexity index is 689. The van der Waals surface area contributed by atoms with Gasteiger partial charge in [-0.3, -0.25) is 10.1 Å². The summed E-state index contributed by atoms with van der Waals surface area (Å²) in [5.41, 5.74) is 0.557. The molecule has 2 N–H and O–H groups in total. The van der Waals surface area contributed by atoms with Gasteiger partial charge in [0, 0.05) is 0 Å². The third kappa shape index (κ3) is 3.58. The Morgan fingerprint density at radius 2 is 1.66 bits per heavy atom. The van der Waals surface area contributed by atoms with Crippen molar-refractivity contribution in [3.05, 3.63) is 0 Å². The van der Waals surface area contributed by atoms with E-state index >= 15 is 0 Å². The Balaban J connectivity index is 2.02. The van der Waals surface area contributed by atoms with Crippen molar-refractivity contribution in [1.29, 1.82) is 0 Å². The predicted molar refractivity (Wildman–Crippen MR) is 129 cm³/mol. The van der Waals surface area contributed by atoms with Crippen molar-refractivity contribution in [3.8, 4) is 0 Å². The van der Waals surface area contributed by atoms with Gasteiger partial charge >= 0.3 is 5.97 Å². The molecule has 4 nitrogen and oxygen atoms in total. The SMILES string of the molecule is CCCC([C@H](C)C(=O)O)[C@H]1CCC2[C@@]3(C)CCC(OO)C(C)(C)C3CC[C@@]2(C)[C@]1(C)CC. The number of carboxylic acid groups (broad SMARTS) is 1. The fraction of sp³-hybridized carbons (Fsp3) is 0.964. The first-order valence-electron chi connectivity index (χ1n) is 13.4. The van der Waals surface area contributed by atoms with Crippen LogP contribution in [0.3, 0.4) is 0 Å². The van der Waals surface area contributed by atoms with Crippen molar-refractivity contribution in [1.82, 2.24) is 0 Å². The molecule has 0 aliphatic heterocycles. The summed E-state index contributed by atoms with van der Waals surface area (Å²) in [6, 6.07) is 0. The van der Waals surface area contributed by atoms with Crippen LogP contribution < -0.4 is 0 Å². The molecule has 0 heterocycles. The summed E-state index contributed by atoms with van der Waals surface area (Å²) in [6.45, 7) is 18.7. The van der Waals surface area contributed by atoms with Crippen LogP contribution in [0, 0.1) is 51.2 Å². The van der Waals surface area contributed by atoms with Crippen LogP contribution in [-0.4, -0.2) is 22.4 Å². The Morgan fingerprint density at radius 3 is 2.19 bits per heavy atom. The molecule has 0 radical (unpaired) electrons. The molecule has 0 aromatic rings. The molecule has 0 bridgehead atoms. The normalized spacial score (nSPS) is 45.4. The molecule has 3 aliphatic carbocycles. The molecule has 3 saturated carbocycles. The minimum absolute atomic E-state index is 0.0366. The van der Waals surface area contributed by atoms with Crippen LogP contribution in [0.1, 0.15) is 113 Å². The number of hydrogen-bond donors (Lipinski definition) is 2. The molecule has 4 heteroatoms. The van der Waals surface area contributed by atoms with Gasteiger partial charge < -0.3 is 5.11 Å². The maximum absolute atomic E-state index is 12.1. The highest BCUT2D eigenvalue weighted by Gasteiger charge is 2.67. The van der Waals surface area contributed by atoms with Gasteiger partial charge in [-0.25, -0.2) is 4.89 Å². The van der Waals surface area contributed by atoms with E-state index in [1.54, 1.807) is 0 Å². The number of fused-ring (bicyclic) bond motifs is 3. The molecule has 0 aromatic carbocycles. The van der Waals surface area contributed by atoms with Crippen LogP contribution >= 0.6 is 0 Å². The minimum Gasteiger partial charge on any atom is -0.481 e. The number of rotatable bonds is 7. The van der Waals surface area contributed by atoms with E-state index in [1.165, 1.54) is 19.3 Å². The van der Waals surface area contributed by atoms with Gasteiger partial charge in [-0.15, -0.1) is 0 Å². The van der Waals surface area contributed by atoms with Crippen LogP contribution in [0.5, 0.6) is 0 Å². The lowest BCUT2D eigenvalue weighted by atomic mass is 9.34. The summed E-state index contributed by atoms with van der Waals surface area (Å²) in [5.74, 6) is 0.978. The van der Waals surface area contributed by atoms with Crippen LogP contribution in [-0.2, 0) is 9.68 Å². The van der Waals surface area contributed by atoms with E-state index in [4.69, 9.17) is 4.89 Å². The summed E-state index contributed by atoms with van der Waals surface area (Å²) < 4.78 is 0. The van der Waals surface area contributed by atoms with Crippen molar-refractivity contribution < 1.29 is 20.0 Å². The van der Waals surface area contributed by atoms with E-state index in [0.29, 0.717) is 17.8 Å². The maximum atomic E-state index is 12.1. The number of hydrogen-bond acceptors (Lipinski definition) is 3. The molecule has 3 fully saturated rings. The van der Waals surface area contributed by atoms with E-state index in [-0.39, 0.29) is 39.6 Å². The van der Waals surface area contributed by atoms with E-state index in [2.05, 4.69) is 48.5 Å². The summed E-state index contributed by atoms with van der Waals surface area (Å²) in [6.07, 6.45) is 9.85. The van der Waals surface area contributed by atoms with Gasteiger partial charge in [0.05, 0.1) is 12.0 Å². The quantitative estimate of drug-likeness (QED) is 0.308. The van der Waals surface area contributed by atoms with E-state index in [9.17, 15) is 15.2 Å². The number of carboxylic acids is 1. The summed E-state index contributed by atoms with van der Waals surface area (Å²) in [5, 5.41) is 19.5. The molecule has 3 aliphatic rings. The Hall–Kier alpha value is -0.610. The molecule has 9 atom stereocenters. The minimum atomic E-state index is -0.631. The molecule has 0 amide bonds. The second-order valence-corrected chi connectivity index (χ2v) is 13.1. The molecule has 4 unspecified atom stereocenters. The maximum Gasteiger partial charge on any atom is 0.306 e. The van der Waals surface area contributed by atoms with E-state index in [0.717, 1.165) is 38.5 Å². The Kier molecular flexibility index (Phi) is 7.21. The van der Waals surface area contributed by atoms with Gasteiger partial charge in [0.1, 0.15) is 0 Å². The van der Waals surface area contributed by atoms with Crippen molar-refractivity contribution in [2.45, 2.75) is 119 Å². The Morgan fingerprint density at radius 1 is 1.00 bits per heavy atom. The monoisotopic (exact) mass is 450 g/mol. The van der Waals surface area contributed by atoms with Crippen molar-refractivity contribution in [3.63, 3.8) is 0 Å². The largest absolute Gasteiger partial charge is 0.481 e. The molecule has 3 rings (SSSR count). The third-order valence-electron chi connectivity index (χ3n) is 11.9. The molecule has 0 saturated heterocycles. The highest BCUT2D eigenvalue weighted by molar-refractivity contribution is 5.69. The van der Waals surface area contributed by atoms with Crippen LogP contribution in [0.2, 0.25) is 0 Å². The van der Waals surface area contributed by atoms with Gasteiger partial charge in [0.25, 0.3) is 0 Å². The van der Waals surface area contributed by atoms with Gasteiger partial charge in [0.2, 0.25) is 0 Å². The first kappa shape index (κ1) is 26.0. The second-order valence-electron chi connectivity index (χ2n) is 13.1. The highest BCUT2D eigenvalue weighted by atomic mass is 17.1. The van der Waals surface area contributed by atoms with E-state index < -0.39 is 5.97 Å². The molecular formula is C28H50O4. The molecule has 0 aromatic heterocycles. The molecular weight excluding hydrogens is 400 g/mol. The lowest BCUT2D eigenvalue weighted by Crippen LogP contribution is -2.65. The van der Waals surface area contributed by atoms with Crippen molar-refractivity contribution in [2.24, 2.45) is 51.2 Å². The number of carbonyl (C=O) groups is 1. The number of aliphatic carboxylic acids is 1. The first-order valence-corrected chi connectivity index (χ1v) is 13.4. The highest BCUT2D eigenvalue weighted by Crippen LogP contribution is 2.73. The van der Waals surface area contributed by atoms with Gasteiger partial charge in [-0.05, 0) is 96.7 Å². The summed E-state index contributed by atoms with van der Waals surface area (Å²) >= 11 is 0. The van der Waals surface area contributed by atoms with Crippen LogP contribution in [0.15, 0.2) is 0 Å². The lowest BCUT2D eigenvalue weighted by molar-refractivity contribution is -0.332. The van der Waals surface area contributed by atoms with Crippen molar-refractivity contribution >= 4 is 5.97 Å².